The number of anilines is 1. The molecule has 0 spiro atoms. The molecule has 0 atom stereocenters. The second-order valence-corrected chi connectivity index (χ2v) is 4.39. The minimum atomic E-state index is -0.913. The van der Waals surface area contributed by atoms with Crippen LogP contribution < -0.4 is 5.32 Å². The average molecular weight is 255 g/mol. The molecule has 0 aliphatic rings. The number of nitrogens with one attached hydrogen (secondary N) is 1. The van der Waals surface area contributed by atoms with E-state index < -0.39 is 17.5 Å². The summed E-state index contributed by atoms with van der Waals surface area (Å²) in [6.07, 6.45) is 0. The first kappa shape index (κ1) is 11.6. The van der Waals surface area contributed by atoms with E-state index in [0.717, 1.165) is 12.1 Å². The molecular formula is C10H7F2N3OS. The molecule has 1 heterocycles. The number of carbonyl (C=O) groups is 1. The summed E-state index contributed by atoms with van der Waals surface area (Å²) in [6.45, 7) is 1.73. The highest BCUT2D eigenvalue weighted by Crippen LogP contribution is 2.16. The topological polar surface area (TPSA) is 54.9 Å². The van der Waals surface area contributed by atoms with Gasteiger partial charge in [-0.3, -0.25) is 10.1 Å². The first-order valence-corrected chi connectivity index (χ1v) is 5.44. The monoisotopic (exact) mass is 255 g/mol. The number of aryl methyl sites for hydroxylation is 1. The Kier molecular flexibility index (Phi) is 3.10. The standard InChI is InChI=1S/C10H7F2N3OS/c1-5-14-15-10(17-5)13-9(16)7-3-2-6(11)4-8(7)12/h2-4H,1H3,(H,13,15,16). The van der Waals surface area contributed by atoms with Gasteiger partial charge in [0.2, 0.25) is 5.13 Å². The van der Waals surface area contributed by atoms with E-state index in [2.05, 4.69) is 15.5 Å². The smallest absolute Gasteiger partial charge is 0.260 e. The summed E-state index contributed by atoms with van der Waals surface area (Å²) in [4.78, 5) is 11.6. The van der Waals surface area contributed by atoms with E-state index in [0.29, 0.717) is 11.1 Å². The van der Waals surface area contributed by atoms with Crippen LogP contribution in [0.4, 0.5) is 13.9 Å². The van der Waals surface area contributed by atoms with Gasteiger partial charge in [-0.25, -0.2) is 8.78 Å². The zero-order valence-corrected chi connectivity index (χ0v) is 9.52. The second kappa shape index (κ2) is 4.54. The molecule has 2 rings (SSSR count). The molecule has 1 aromatic heterocycles. The van der Waals surface area contributed by atoms with Gasteiger partial charge in [0.15, 0.2) is 0 Å². The van der Waals surface area contributed by atoms with Crippen LogP contribution in [-0.4, -0.2) is 16.1 Å². The summed E-state index contributed by atoms with van der Waals surface area (Å²) in [7, 11) is 0. The minimum absolute atomic E-state index is 0.237. The Morgan fingerprint density at radius 1 is 1.35 bits per heavy atom. The van der Waals surface area contributed by atoms with Gasteiger partial charge < -0.3 is 0 Å². The molecule has 0 saturated heterocycles. The van der Waals surface area contributed by atoms with Crippen LogP contribution in [0.15, 0.2) is 18.2 Å². The summed E-state index contributed by atoms with van der Waals surface area (Å²) >= 11 is 1.17. The third-order valence-electron chi connectivity index (χ3n) is 1.92. The molecule has 88 valence electrons. The van der Waals surface area contributed by atoms with E-state index in [1.54, 1.807) is 6.92 Å². The molecule has 0 bridgehead atoms. The highest BCUT2D eigenvalue weighted by molar-refractivity contribution is 7.15. The normalized spacial score (nSPS) is 10.3. The van der Waals surface area contributed by atoms with Crippen molar-refractivity contribution in [2.75, 3.05) is 5.32 Å². The highest BCUT2D eigenvalue weighted by Gasteiger charge is 2.14. The number of rotatable bonds is 2. The van der Waals surface area contributed by atoms with Gasteiger partial charge in [0.1, 0.15) is 16.6 Å². The van der Waals surface area contributed by atoms with Gasteiger partial charge in [-0.1, -0.05) is 11.3 Å². The van der Waals surface area contributed by atoms with Gasteiger partial charge in [-0.15, -0.1) is 10.2 Å². The molecule has 0 radical (unpaired) electrons. The van der Waals surface area contributed by atoms with Gasteiger partial charge in [0.25, 0.3) is 5.91 Å². The van der Waals surface area contributed by atoms with Crippen molar-refractivity contribution in [2.24, 2.45) is 0 Å². The Balaban J connectivity index is 2.20. The molecule has 0 unspecified atom stereocenters. The van der Waals surface area contributed by atoms with Gasteiger partial charge in [0, 0.05) is 6.07 Å². The van der Waals surface area contributed by atoms with E-state index >= 15 is 0 Å². The fourth-order valence-electron chi connectivity index (χ4n) is 1.19. The predicted molar refractivity (Wildman–Crippen MR) is 59.0 cm³/mol. The van der Waals surface area contributed by atoms with Gasteiger partial charge in [0.05, 0.1) is 5.56 Å². The first-order chi connectivity index (χ1) is 8.06. The zero-order chi connectivity index (χ0) is 12.4. The number of amides is 1. The fourth-order valence-corrected chi connectivity index (χ4v) is 1.77. The zero-order valence-electron chi connectivity index (χ0n) is 8.70. The summed E-state index contributed by atoms with van der Waals surface area (Å²) < 4.78 is 25.9. The number of benzene rings is 1. The summed E-state index contributed by atoms with van der Waals surface area (Å²) in [5.74, 6) is -2.33. The van der Waals surface area contributed by atoms with Crippen molar-refractivity contribution in [3.63, 3.8) is 0 Å². The van der Waals surface area contributed by atoms with Crippen molar-refractivity contribution in [2.45, 2.75) is 6.92 Å². The molecule has 2 aromatic rings. The maximum absolute atomic E-state index is 13.3. The number of carbonyl (C=O) groups excluding carboxylic acids is 1. The van der Waals surface area contributed by atoms with Crippen LogP contribution in [0.2, 0.25) is 0 Å². The Hall–Kier alpha value is -1.89. The highest BCUT2D eigenvalue weighted by atomic mass is 32.1. The second-order valence-electron chi connectivity index (χ2n) is 3.20. The van der Waals surface area contributed by atoms with E-state index in [1.807, 2.05) is 0 Å². The SMILES string of the molecule is Cc1nnc(NC(=O)c2ccc(F)cc2F)s1. The first-order valence-electron chi connectivity index (χ1n) is 4.63. The number of aromatic nitrogens is 2. The lowest BCUT2D eigenvalue weighted by Gasteiger charge is -2.02. The summed E-state index contributed by atoms with van der Waals surface area (Å²) in [6, 6.07) is 2.75. The molecule has 17 heavy (non-hydrogen) atoms. The number of hydrogen-bond donors (Lipinski definition) is 1. The van der Waals surface area contributed by atoms with Crippen LogP contribution in [0.1, 0.15) is 15.4 Å². The van der Waals surface area contributed by atoms with Crippen molar-refractivity contribution in [1.29, 1.82) is 0 Å². The Bertz CT molecular complexity index is 570. The van der Waals surface area contributed by atoms with E-state index in [4.69, 9.17) is 0 Å². The van der Waals surface area contributed by atoms with Crippen LogP contribution in [0.5, 0.6) is 0 Å². The van der Waals surface area contributed by atoms with Gasteiger partial charge >= 0.3 is 0 Å². The maximum atomic E-state index is 13.3. The Morgan fingerprint density at radius 3 is 2.71 bits per heavy atom. The maximum Gasteiger partial charge on any atom is 0.260 e. The van der Waals surface area contributed by atoms with Crippen molar-refractivity contribution in [3.05, 3.63) is 40.4 Å². The predicted octanol–water partition coefficient (Wildman–Crippen LogP) is 2.38. The van der Waals surface area contributed by atoms with Crippen LogP contribution in [0.3, 0.4) is 0 Å². The van der Waals surface area contributed by atoms with E-state index in [9.17, 15) is 13.6 Å². The number of nitrogens with zero attached hydrogens (tertiary/aromatic N) is 2. The average Bonchev–Trinajstić information content (AvgIpc) is 2.63. The Labute approximate surface area is 99.3 Å². The lowest BCUT2D eigenvalue weighted by Crippen LogP contribution is -2.13. The van der Waals surface area contributed by atoms with Crippen molar-refractivity contribution in [1.82, 2.24) is 10.2 Å². The van der Waals surface area contributed by atoms with Crippen LogP contribution >= 0.6 is 11.3 Å². The Morgan fingerprint density at radius 2 is 2.12 bits per heavy atom. The minimum Gasteiger partial charge on any atom is -0.296 e. The lowest BCUT2D eigenvalue weighted by atomic mass is 10.2. The molecule has 0 aliphatic carbocycles. The third kappa shape index (κ3) is 2.62. The van der Waals surface area contributed by atoms with Crippen LogP contribution in [0.25, 0.3) is 0 Å². The number of halogens is 2. The molecule has 1 aromatic carbocycles. The molecule has 0 fully saturated rings. The van der Waals surface area contributed by atoms with E-state index in [-0.39, 0.29) is 10.7 Å². The largest absolute Gasteiger partial charge is 0.296 e. The quantitative estimate of drug-likeness (QED) is 0.896. The van der Waals surface area contributed by atoms with Crippen molar-refractivity contribution >= 4 is 22.4 Å². The van der Waals surface area contributed by atoms with Gasteiger partial charge in [-0.2, -0.15) is 0 Å². The van der Waals surface area contributed by atoms with Crippen LogP contribution in [-0.2, 0) is 0 Å². The van der Waals surface area contributed by atoms with Crippen molar-refractivity contribution < 1.29 is 13.6 Å². The molecule has 4 nitrogen and oxygen atoms in total. The molecule has 1 N–H and O–H groups in total. The molecule has 1 amide bonds. The molecular weight excluding hydrogens is 248 g/mol. The fraction of sp³-hybridized carbons (Fsp3) is 0.100. The van der Waals surface area contributed by atoms with Crippen molar-refractivity contribution in [3.8, 4) is 0 Å². The number of hydrogen-bond acceptors (Lipinski definition) is 4. The molecule has 0 saturated carbocycles. The summed E-state index contributed by atoms with van der Waals surface area (Å²) in [5, 5.41) is 10.7. The van der Waals surface area contributed by atoms with Crippen LogP contribution in [0, 0.1) is 18.6 Å². The molecule has 0 aliphatic heterocycles. The third-order valence-corrected chi connectivity index (χ3v) is 2.68. The van der Waals surface area contributed by atoms with E-state index in [1.165, 1.54) is 11.3 Å². The summed E-state index contributed by atoms with van der Waals surface area (Å²) in [5.41, 5.74) is -0.237. The van der Waals surface area contributed by atoms with Gasteiger partial charge in [-0.05, 0) is 19.1 Å². The molecule has 7 heteroatoms. The lowest BCUT2D eigenvalue weighted by molar-refractivity contribution is 0.102.